The topological polar surface area (TPSA) is 106 Å². The van der Waals surface area contributed by atoms with E-state index in [9.17, 15) is 13.2 Å². The third-order valence-electron chi connectivity index (χ3n) is 3.00. The molecule has 0 fully saturated rings. The lowest BCUT2D eigenvalue weighted by molar-refractivity contribution is 0.0691. The summed E-state index contributed by atoms with van der Waals surface area (Å²) < 4.78 is 36.9. The van der Waals surface area contributed by atoms with Gasteiger partial charge in [-0.05, 0) is 33.1 Å². The molecule has 7 nitrogen and oxygen atoms in total. The summed E-state index contributed by atoms with van der Waals surface area (Å²) in [5.74, 6) is -1.15. The van der Waals surface area contributed by atoms with Gasteiger partial charge in [0.25, 0.3) is 0 Å². The largest absolute Gasteiger partial charge is 0.478 e. The molecule has 0 amide bonds. The van der Waals surface area contributed by atoms with Gasteiger partial charge in [0.15, 0.2) is 0 Å². The number of hydrogen-bond donors (Lipinski definition) is 2. The Balaban J connectivity index is 2.77. The number of aryl methyl sites for hydroxylation is 2. The number of carboxylic acids is 1. The number of methoxy groups -OCH3 is 1. The highest BCUT2D eigenvalue weighted by Gasteiger charge is 2.30. The van der Waals surface area contributed by atoms with Crippen LogP contribution >= 0.6 is 0 Å². The van der Waals surface area contributed by atoms with E-state index in [1.165, 1.54) is 13.8 Å². The molecule has 2 N–H and O–H groups in total. The number of ether oxygens (including phenoxy) is 1. The van der Waals surface area contributed by atoms with Gasteiger partial charge in [0.2, 0.25) is 10.0 Å². The van der Waals surface area contributed by atoms with Crippen molar-refractivity contribution >= 4 is 16.0 Å². The van der Waals surface area contributed by atoms with E-state index in [2.05, 4.69) is 4.72 Å². The van der Waals surface area contributed by atoms with Crippen LogP contribution in [-0.4, -0.2) is 39.8 Å². The summed E-state index contributed by atoms with van der Waals surface area (Å²) in [6.45, 7) is 3.75. The standard InChI is InChI=1S/C13H21NO6S/c1-9-11(13(15)16)12(10(2)20-9)21(17,18)14-7-5-4-6-8-19-3/h14H,4-8H2,1-3H3,(H,15,16). The van der Waals surface area contributed by atoms with Gasteiger partial charge in [-0.3, -0.25) is 0 Å². The van der Waals surface area contributed by atoms with Crippen LogP contribution in [-0.2, 0) is 14.8 Å². The summed E-state index contributed by atoms with van der Waals surface area (Å²) in [5, 5.41) is 9.13. The Labute approximate surface area is 124 Å². The average molecular weight is 319 g/mol. The van der Waals surface area contributed by atoms with Crippen LogP contribution in [0.4, 0.5) is 0 Å². The fourth-order valence-electron chi connectivity index (χ4n) is 2.06. The highest BCUT2D eigenvalue weighted by atomic mass is 32.2. The molecule has 0 unspecified atom stereocenters. The van der Waals surface area contributed by atoms with Crippen LogP contribution in [0.3, 0.4) is 0 Å². The van der Waals surface area contributed by atoms with Gasteiger partial charge >= 0.3 is 5.97 Å². The maximum absolute atomic E-state index is 12.2. The van der Waals surface area contributed by atoms with Crippen molar-refractivity contribution in [3.63, 3.8) is 0 Å². The Bertz CT molecular complexity index is 590. The molecule has 0 bridgehead atoms. The quantitative estimate of drug-likeness (QED) is 0.671. The van der Waals surface area contributed by atoms with Gasteiger partial charge in [-0.25, -0.2) is 17.9 Å². The second-order valence-electron chi connectivity index (χ2n) is 4.67. The lowest BCUT2D eigenvalue weighted by Crippen LogP contribution is -2.26. The molecule has 1 aromatic rings. The fourth-order valence-corrected chi connectivity index (χ4v) is 3.54. The summed E-state index contributed by atoms with van der Waals surface area (Å²) in [6, 6.07) is 0. The van der Waals surface area contributed by atoms with Gasteiger partial charge in [0.05, 0.1) is 0 Å². The summed E-state index contributed by atoms with van der Waals surface area (Å²) in [6.07, 6.45) is 2.33. The van der Waals surface area contributed by atoms with Crippen molar-refractivity contribution in [1.82, 2.24) is 4.72 Å². The molecule has 1 aromatic heterocycles. The first-order chi connectivity index (χ1) is 9.81. The number of carboxylic acid groups (broad SMARTS) is 1. The van der Waals surface area contributed by atoms with E-state index in [-0.39, 0.29) is 28.5 Å². The van der Waals surface area contributed by atoms with Crippen LogP contribution in [0.1, 0.15) is 41.1 Å². The number of furan rings is 1. The molecule has 0 saturated heterocycles. The molecule has 0 radical (unpaired) electrons. The molecule has 1 rings (SSSR count). The SMILES string of the molecule is COCCCCCNS(=O)(=O)c1c(C)oc(C)c1C(=O)O. The minimum atomic E-state index is -3.89. The van der Waals surface area contributed by atoms with Crippen molar-refractivity contribution in [2.75, 3.05) is 20.3 Å². The van der Waals surface area contributed by atoms with Crippen LogP contribution in [0.15, 0.2) is 9.31 Å². The third kappa shape index (κ3) is 4.55. The molecule has 0 aliphatic carbocycles. The van der Waals surface area contributed by atoms with E-state index in [0.717, 1.165) is 12.8 Å². The maximum Gasteiger partial charge on any atom is 0.340 e. The van der Waals surface area contributed by atoms with Gasteiger partial charge in [-0.1, -0.05) is 0 Å². The van der Waals surface area contributed by atoms with Crippen molar-refractivity contribution < 1.29 is 27.5 Å². The molecule has 0 saturated carbocycles. The zero-order valence-corrected chi connectivity index (χ0v) is 13.2. The van der Waals surface area contributed by atoms with Crippen LogP contribution in [0, 0.1) is 13.8 Å². The summed E-state index contributed by atoms with van der Waals surface area (Å²) in [5.41, 5.74) is -0.306. The van der Waals surface area contributed by atoms with Gasteiger partial charge in [0, 0.05) is 20.3 Å². The smallest absolute Gasteiger partial charge is 0.340 e. The monoisotopic (exact) mass is 319 g/mol. The zero-order valence-electron chi connectivity index (χ0n) is 12.4. The predicted octanol–water partition coefficient (Wildman–Crippen LogP) is 1.69. The number of rotatable bonds is 9. The highest BCUT2D eigenvalue weighted by Crippen LogP contribution is 2.26. The maximum atomic E-state index is 12.2. The van der Waals surface area contributed by atoms with Crippen LogP contribution in [0.2, 0.25) is 0 Å². The van der Waals surface area contributed by atoms with E-state index in [4.69, 9.17) is 14.3 Å². The van der Waals surface area contributed by atoms with E-state index in [0.29, 0.717) is 13.0 Å². The number of sulfonamides is 1. The predicted molar refractivity (Wildman–Crippen MR) is 76.1 cm³/mol. The Morgan fingerprint density at radius 2 is 1.90 bits per heavy atom. The van der Waals surface area contributed by atoms with Crippen molar-refractivity contribution in [2.24, 2.45) is 0 Å². The number of nitrogens with one attached hydrogen (secondary N) is 1. The molecule has 21 heavy (non-hydrogen) atoms. The number of carbonyl (C=O) groups is 1. The molecule has 1 heterocycles. The summed E-state index contributed by atoms with van der Waals surface area (Å²) >= 11 is 0. The van der Waals surface area contributed by atoms with E-state index < -0.39 is 16.0 Å². The number of aromatic carboxylic acids is 1. The van der Waals surface area contributed by atoms with Crippen LogP contribution in [0.25, 0.3) is 0 Å². The average Bonchev–Trinajstić information content (AvgIpc) is 2.69. The molecular formula is C13H21NO6S. The van der Waals surface area contributed by atoms with Gasteiger partial charge in [-0.15, -0.1) is 0 Å². The zero-order chi connectivity index (χ0) is 16.0. The third-order valence-corrected chi connectivity index (χ3v) is 4.62. The summed E-state index contributed by atoms with van der Waals surface area (Å²) in [7, 11) is -2.28. The van der Waals surface area contributed by atoms with E-state index in [1.54, 1.807) is 7.11 Å². The van der Waals surface area contributed by atoms with Crippen molar-refractivity contribution in [3.05, 3.63) is 17.1 Å². The second-order valence-corrected chi connectivity index (χ2v) is 6.38. The minimum Gasteiger partial charge on any atom is -0.478 e. The van der Waals surface area contributed by atoms with Gasteiger partial charge < -0.3 is 14.3 Å². The van der Waals surface area contributed by atoms with Crippen LogP contribution < -0.4 is 4.72 Å². The first-order valence-corrected chi connectivity index (χ1v) is 8.11. The lowest BCUT2D eigenvalue weighted by Gasteiger charge is -2.07. The van der Waals surface area contributed by atoms with Crippen molar-refractivity contribution in [2.45, 2.75) is 38.0 Å². The Morgan fingerprint density at radius 1 is 1.24 bits per heavy atom. The number of unbranched alkanes of at least 4 members (excludes halogenated alkanes) is 2. The lowest BCUT2D eigenvalue weighted by atomic mass is 10.2. The molecule has 8 heteroatoms. The van der Waals surface area contributed by atoms with Gasteiger partial charge in [-0.2, -0.15) is 0 Å². The molecule has 0 aliphatic heterocycles. The number of hydrogen-bond acceptors (Lipinski definition) is 5. The first-order valence-electron chi connectivity index (χ1n) is 6.63. The minimum absolute atomic E-state index is 0.0804. The van der Waals surface area contributed by atoms with Crippen molar-refractivity contribution in [3.8, 4) is 0 Å². The Morgan fingerprint density at radius 3 is 2.48 bits per heavy atom. The first kappa shape index (κ1) is 17.7. The normalized spacial score (nSPS) is 11.8. The Hall–Kier alpha value is -1.38. The molecule has 0 aromatic carbocycles. The van der Waals surface area contributed by atoms with E-state index >= 15 is 0 Å². The Kier molecular flexibility index (Phi) is 6.38. The van der Waals surface area contributed by atoms with Crippen molar-refractivity contribution in [1.29, 1.82) is 0 Å². The molecule has 0 spiro atoms. The van der Waals surface area contributed by atoms with Gasteiger partial charge in [0.1, 0.15) is 22.0 Å². The molecule has 0 aliphatic rings. The van der Waals surface area contributed by atoms with E-state index in [1.807, 2.05) is 0 Å². The fraction of sp³-hybridized carbons (Fsp3) is 0.615. The highest BCUT2D eigenvalue weighted by molar-refractivity contribution is 7.89. The molecule has 0 atom stereocenters. The molecular weight excluding hydrogens is 298 g/mol. The summed E-state index contributed by atoms with van der Waals surface area (Å²) in [4.78, 5) is 10.9. The molecule has 120 valence electrons. The second kappa shape index (κ2) is 7.58. The van der Waals surface area contributed by atoms with Crippen LogP contribution in [0.5, 0.6) is 0 Å².